The van der Waals surface area contributed by atoms with Gasteiger partial charge in [0.1, 0.15) is 17.4 Å². The van der Waals surface area contributed by atoms with Gasteiger partial charge in [-0.3, -0.25) is 9.48 Å². The Kier molecular flexibility index (Phi) is 6.44. The average molecular weight is 435 g/mol. The molecule has 0 fully saturated rings. The third-order valence-corrected chi connectivity index (χ3v) is 5.27. The average Bonchev–Trinajstić information content (AvgIpc) is 3.47. The second kappa shape index (κ2) is 9.60. The van der Waals surface area contributed by atoms with E-state index in [0.717, 1.165) is 5.56 Å². The molecule has 1 atom stereocenters. The summed E-state index contributed by atoms with van der Waals surface area (Å²) in [7, 11) is 0. The molecule has 0 saturated carbocycles. The molecule has 32 heavy (non-hydrogen) atoms. The van der Waals surface area contributed by atoms with Crippen LogP contribution in [0.15, 0.2) is 83.5 Å². The Hall–Kier alpha value is -3.74. The number of amides is 1. The normalized spacial score (nSPS) is 12.0. The van der Waals surface area contributed by atoms with Gasteiger partial charge in [0.15, 0.2) is 5.76 Å². The summed E-state index contributed by atoms with van der Waals surface area (Å²) in [6.45, 7) is 2.53. The van der Waals surface area contributed by atoms with E-state index in [1.54, 1.807) is 52.2 Å². The number of halogens is 2. The first-order valence-electron chi connectivity index (χ1n) is 10.4. The summed E-state index contributed by atoms with van der Waals surface area (Å²) in [5.41, 5.74) is 1.45. The standard InChI is InChI=1S/C25H23F2N3O2/c1-2-23(19-7-9-20(26)10-8-19)30(16-18-5-3-6-21(27)15-18)25(31)24-12-11-22(32-24)17-29-14-4-13-28-29/h3-15,23H,2,16-17H2,1H3. The van der Waals surface area contributed by atoms with E-state index >= 15 is 0 Å². The SMILES string of the molecule is CCC(c1ccc(F)cc1)N(Cc1cccc(F)c1)C(=O)c1ccc(Cn2cccn2)o1. The summed E-state index contributed by atoms with van der Waals surface area (Å²) < 4.78 is 34.8. The molecule has 7 heteroatoms. The summed E-state index contributed by atoms with van der Waals surface area (Å²) >= 11 is 0. The maximum atomic E-state index is 13.8. The molecule has 0 bridgehead atoms. The van der Waals surface area contributed by atoms with Crippen molar-refractivity contribution in [1.82, 2.24) is 14.7 Å². The molecule has 164 valence electrons. The third kappa shape index (κ3) is 4.94. The summed E-state index contributed by atoms with van der Waals surface area (Å²) in [5.74, 6) is -0.260. The van der Waals surface area contributed by atoms with Crippen molar-refractivity contribution in [2.75, 3.05) is 0 Å². The zero-order valence-electron chi connectivity index (χ0n) is 17.6. The second-order valence-corrected chi connectivity index (χ2v) is 7.51. The van der Waals surface area contributed by atoms with Crippen LogP contribution in [0.3, 0.4) is 0 Å². The fraction of sp³-hybridized carbons (Fsp3) is 0.200. The van der Waals surface area contributed by atoms with E-state index in [1.807, 2.05) is 19.2 Å². The van der Waals surface area contributed by atoms with Gasteiger partial charge in [-0.15, -0.1) is 0 Å². The number of carbonyl (C=O) groups excluding carboxylic acids is 1. The number of hydrogen-bond donors (Lipinski definition) is 0. The highest BCUT2D eigenvalue weighted by Gasteiger charge is 2.27. The number of hydrogen-bond acceptors (Lipinski definition) is 3. The molecular weight excluding hydrogens is 412 g/mol. The first kappa shape index (κ1) is 21.5. The number of carbonyl (C=O) groups is 1. The Morgan fingerprint density at radius 2 is 1.88 bits per heavy atom. The Morgan fingerprint density at radius 1 is 1.06 bits per heavy atom. The zero-order valence-corrected chi connectivity index (χ0v) is 17.6. The van der Waals surface area contributed by atoms with Crippen LogP contribution < -0.4 is 0 Å². The monoisotopic (exact) mass is 435 g/mol. The van der Waals surface area contributed by atoms with Gasteiger partial charge < -0.3 is 9.32 Å². The lowest BCUT2D eigenvalue weighted by Crippen LogP contribution is -2.34. The molecular formula is C25H23F2N3O2. The number of rotatable bonds is 8. The summed E-state index contributed by atoms with van der Waals surface area (Å²) in [6, 6.07) is 17.1. The maximum absolute atomic E-state index is 13.8. The number of benzene rings is 2. The molecule has 0 radical (unpaired) electrons. The minimum atomic E-state index is -0.371. The van der Waals surface area contributed by atoms with Gasteiger partial charge in [-0.05, 0) is 60.0 Å². The Balaban J connectivity index is 1.65. The summed E-state index contributed by atoms with van der Waals surface area (Å²) in [4.78, 5) is 15.2. The lowest BCUT2D eigenvalue weighted by atomic mass is 10.0. The molecule has 2 heterocycles. The van der Waals surface area contributed by atoms with Crippen LogP contribution in [0.5, 0.6) is 0 Å². The van der Waals surface area contributed by atoms with Crippen molar-refractivity contribution in [2.24, 2.45) is 0 Å². The van der Waals surface area contributed by atoms with Crippen molar-refractivity contribution >= 4 is 5.91 Å². The van der Waals surface area contributed by atoms with Gasteiger partial charge in [0.2, 0.25) is 0 Å². The minimum absolute atomic E-state index is 0.182. The van der Waals surface area contributed by atoms with Crippen LogP contribution >= 0.6 is 0 Å². The van der Waals surface area contributed by atoms with Crippen molar-refractivity contribution in [3.05, 3.63) is 113 Å². The summed E-state index contributed by atoms with van der Waals surface area (Å²) in [6.07, 6.45) is 4.07. The molecule has 0 aliphatic rings. The van der Waals surface area contributed by atoms with Gasteiger partial charge in [-0.1, -0.05) is 31.2 Å². The van der Waals surface area contributed by atoms with Crippen molar-refractivity contribution in [2.45, 2.75) is 32.5 Å². The second-order valence-electron chi connectivity index (χ2n) is 7.51. The van der Waals surface area contributed by atoms with Crippen molar-refractivity contribution < 1.29 is 18.0 Å². The molecule has 0 saturated heterocycles. The van der Waals surface area contributed by atoms with Gasteiger partial charge in [-0.2, -0.15) is 5.10 Å². The molecule has 2 aromatic carbocycles. The molecule has 2 aromatic heterocycles. The molecule has 0 N–H and O–H groups in total. The quantitative estimate of drug-likeness (QED) is 0.362. The van der Waals surface area contributed by atoms with Gasteiger partial charge in [0.25, 0.3) is 5.91 Å². The predicted octanol–water partition coefficient (Wildman–Crippen LogP) is 5.60. The van der Waals surface area contributed by atoms with Crippen LogP contribution in [0, 0.1) is 11.6 Å². The van der Waals surface area contributed by atoms with Crippen LogP contribution in [0.1, 0.15) is 46.8 Å². The predicted molar refractivity (Wildman–Crippen MR) is 116 cm³/mol. The van der Waals surface area contributed by atoms with Gasteiger partial charge in [0.05, 0.1) is 12.6 Å². The highest BCUT2D eigenvalue weighted by molar-refractivity contribution is 5.91. The van der Waals surface area contributed by atoms with E-state index in [0.29, 0.717) is 24.3 Å². The van der Waals surface area contributed by atoms with Gasteiger partial charge >= 0.3 is 0 Å². The summed E-state index contributed by atoms with van der Waals surface area (Å²) in [5, 5.41) is 4.15. The molecule has 1 amide bonds. The van der Waals surface area contributed by atoms with Crippen molar-refractivity contribution in [3.8, 4) is 0 Å². The largest absolute Gasteiger partial charge is 0.454 e. The van der Waals surface area contributed by atoms with Crippen molar-refractivity contribution in [1.29, 1.82) is 0 Å². The Bertz CT molecular complexity index is 1170. The fourth-order valence-corrected chi connectivity index (χ4v) is 3.75. The molecule has 0 aliphatic carbocycles. The van der Waals surface area contributed by atoms with E-state index in [-0.39, 0.29) is 35.9 Å². The van der Waals surface area contributed by atoms with E-state index in [1.165, 1.54) is 24.3 Å². The van der Waals surface area contributed by atoms with Gasteiger partial charge in [-0.25, -0.2) is 8.78 Å². The van der Waals surface area contributed by atoms with Gasteiger partial charge in [0, 0.05) is 18.9 Å². The first-order chi connectivity index (χ1) is 15.5. The molecule has 0 aliphatic heterocycles. The molecule has 0 spiro atoms. The fourth-order valence-electron chi connectivity index (χ4n) is 3.75. The lowest BCUT2D eigenvalue weighted by molar-refractivity contribution is 0.0617. The van der Waals surface area contributed by atoms with Crippen LogP contribution in [-0.4, -0.2) is 20.6 Å². The minimum Gasteiger partial charge on any atom is -0.454 e. The van der Waals surface area contributed by atoms with Crippen LogP contribution in [0.2, 0.25) is 0 Å². The molecule has 1 unspecified atom stereocenters. The smallest absolute Gasteiger partial charge is 0.290 e. The number of furan rings is 1. The topological polar surface area (TPSA) is 51.3 Å². The van der Waals surface area contributed by atoms with Crippen LogP contribution in [0.25, 0.3) is 0 Å². The van der Waals surface area contributed by atoms with E-state index < -0.39 is 0 Å². The zero-order chi connectivity index (χ0) is 22.5. The first-order valence-corrected chi connectivity index (χ1v) is 10.4. The lowest BCUT2D eigenvalue weighted by Gasteiger charge is -2.31. The third-order valence-electron chi connectivity index (χ3n) is 5.27. The van der Waals surface area contributed by atoms with Crippen LogP contribution in [0.4, 0.5) is 8.78 Å². The van der Waals surface area contributed by atoms with E-state index in [9.17, 15) is 13.6 Å². The van der Waals surface area contributed by atoms with E-state index in [4.69, 9.17) is 4.42 Å². The van der Waals surface area contributed by atoms with E-state index in [2.05, 4.69) is 5.10 Å². The Labute approximate surface area is 184 Å². The number of aromatic nitrogens is 2. The number of nitrogens with zero attached hydrogens (tertiary/aromatic N) is 3. The molecule has 4 rings (SSSR count). The highest BCUT2D eigenvalue weighted by Crippen LogP contribution is 2.29. The van der Waals surface area contributed by atoms with Crippen LogP contribution in [-0.2, 0) is 13.1 Å². The van der Waals surface area contributed by atoms with Crippen molar-refractivity contribution in [3.63, 3.8) is 0 Å². The maximum Gasteiger partial charge on any atom is 0.290 e. The molecule has 4 aromatic rings. The molecule has 5 nitrogen and oxygen atoms in total. The highest BCUT2D eigenvalue weighted by atomic mass is 19.1. The Morgan fingerprint density at radius 3 is 2.56 bits per heavy atom.